The summed E-state index contributed by atoms with van der Waals surface area (Å²) >= 11 is 12.1. The van der Waals surface area contributed by atoms with Crippen LogP contribution in [0.3, 0.4) is 0 Å². The number of pyridine rings is 1. The fourth-order valence-corrected chi connectivity index (χ4v) is 2.67. The number of nitrogens with zero attached hydrogens (tertiary/aromatic N) is 2. The van der Waals surface area contributed by atoms with Crippen LogP contribution in [0.1, 0.15) is 19.8 Å². The van der Waals surface area contributed by atoms with Crippen LogP contribution in [0.25, 0.3) is 0 Å². The highest BCUT2D eigenvalue weighted by atomic mass is 35.5. The van der Waals surface area contributed by atoms with E-state index in [1.165, 1.54) is 12.8 Å². The molecular formula is C11H16Cl2N4. The first kappa shape index (κ1) is 12.7. The number of hydrogen-bond donors (Lipinski definition) is 2. The first-order valence-corrected chi connectivity index (χ1v) is 6.49. The van der Waals surface area contributed by atoms with Gasteiger partial charge in [0.1, 0.15) is 5.82 Å². The fourth-order valence-electron chi connectivity index (χ4n) is 2.14. The fraction of sp³-hybridized carbons (Fsp3) is 0.545. The van der Waals surface area contributed by atoms with Gasteiger partial charge < -0.3 is 10.3 Å². The average Bonchev–Trinajstić information content (AvgIpc) is 2.78. The molecule has 0 aromatic carbocycles. The summed E-state index contributed by atoms with van der Waals surface area (Å²) in [5, 5.41) is 1.01. The average molecular weight is 275 g/mol. The van der Waals surface area contributed by atoms with Gasteiger partial charge in [-0.1, -0.05) is 36.5 Å². The minimum absolute atomic E-state index is 0.437. The number of aromatic nitrogens is 1. The monoisotopic (exact) mass is 274 g/mol. The van der Waals surface area contributed by atoms with Crippen LogP contribution in [-0.4, -0.2) is 18.1 Å². The highest BCUT2D eigenvalue weighted by molar-refractivity contribution is 6.37. The van der Waals surface area contributed by atoms with Crippen LogP contribution in [0.4, 0.5) is 11.6 Å². The second-order valence-corrected chi connectivity index (χ2v) is 5.09. The molecule has 2 rings (SSSR count). The lowest BCUT2D eigenvalue weighted by molar-refractivity contribution is 0.569. The summed E-state index contributed by atoms with van der Waals surface area (Å²) in [5.41, 5.74) is 2.48. The van der Waals surface area contributed by atoms with Crippen LogP contribution in [0.15, 0.2) is 6.07 Å². The smallest absolute Gasteiger partial charge is 0.161 e. The highest BCUT2D eigenvalue weighted by Crippen LogP contribution is 2.34. The van der Waals surface area contributed by atoms with E-state index in [0.29, 0.717) is 15.9 Å². The maximum Gasteiger partial charge on any atom is 0.161 e. The van der Waals surface area contributed by atoms with Gasteiger partial charge in [0.15, 0.2) is 5.82 Å². The third-order valence-corrected chi connectivity index (χ3v) is 3.78. The molecule has 1 aromatic rings. The molecule has 17 heavy (non-hydrogen) atoms. The molecule has 94 valence electrons. The van der Waals surface area contributed by atoms with E-state index in [0.717, 1.165) is 24.8 Å². The zero-order valence-corrected chi connectivity index (χ0v) is 11.2. The summed E-state index contributed by atoms with van der Waals surface area (Å²) in [6.45, 7) is 4.18. The van der Waals surface area contributed by atoms with Crippen LogP contribution in [0.5, 0.6) is 0 Å². The van der Waals surface area contributed by atoms with Crippen LogP contribution in [-0.2, 0) is 0 Å². The van der Waals surface area contributed by atoms with E-state index in [2.05, 4.69) is 22.2 Å². The Morgan fingerprint density at radius 3 is 2.88 bits per heavy atom. The van der Waals surface area contributed by atoms with Crippen molar-refractivity contribution in [1.82, 2.24) is 4.98 Å². The van der Waals surface area contributed by atoms with E-state index in [-0.39, 0.29) is 0 Å². The highest BCUT2D eigenvalue weighted by Gasteiger charge is 2.24. The van der Waals surface area contributed by atoms with E-state index in [1.54, 1.807) is 6.07 Å². The minimum Gasteiger partial charge on any atom is -0.355 e. The number of halogens is 2. The summed E-state index contributed by atoms with van der Waals surface area (Å²) in [6.07, 6.45) is 2.37. The van der Waals surface area contributed by atoms with Crippen LogP contribution < -0.4 is 16.2 Å². The number of hydrazine groups is 1. The van der Waals surface area contributed by atoms with Crippen molar-refractivity contribution < 1.29 is 0 Å². The van der Waals surface area contributed by atoms with Gasteiger partial charge in [0.05, 0.1) is 10.0 Å². The number of rotatable bonds is 3. The van der Waals surface area contributed by atoms with Gasteiger partial charge >= 0.3 is 0 Å². The molecule has 1 unspecified atom stereocenters. The summed E-state index contributed by atoms with van der Waals surface area (Å²) in [5.74, 6) is 7.31. The van der Waals surface area contributed by atoms with Crippen molar-refractivity contribution >= 4 is 34.8 Å². The molecule has 0 amide bonds. The van der Waals surface area contributed by atoms with Gasteiger partial charge in [-0.3, -0.25) is 0 Å². The van der Waals surface area contributed by atoms with Gasteiger partial charge in [-0.2, -0.15) is 0 Å². The van der Waals surface area contributed by atoms with Gasteiger partial charge in [-0.05, 0) is 18.4 Å². The molecule has 0 spiro atoms. The summed E-state index contributed by atoms with van der Waals surface area (Å²) < 4.78 is 0. The van der Waals surface area contributed by atoms with Crippen LogP contribution in [0.2, 0.25) is 10.0 Å². The second-order valence-electron chi connectivity index (χ2n) is 4.28. The molecule has 0 saturated carbocycles. The lowest BCUT2D eigenvalue weighted by Gasteiger charge is -2.19. The SMILES string of the molecule is CCC1CCN(c2nc(NN)c(Cl)cc2Cl)C1. The van der Waals surface area contributed by atoms with E-state index in [9.17, 15) is 0 Å². The quantitative estimate of drug-likeness (QED) is 0.658. The lowest BCUT2D eigenvalue weighted by atomic mass is 10.1. The predicted molar refractivity (Wildman–Crippen MR) is 72.7 cm³/mol. The Bertz CT molecular complexity index is 411. The maximum atomic E-state index is 6.17. The molecule has 1 aliphatic rings. The Morgan fingerprint density at radius 1 is 1.53 bits per heavy atom. The van der Waals surface area contributed by atoms with Gasteiger partial charge in [-0.15, -0.1) is 0 Å². The molecule has 1 aromatic heterocycles. The molecule has 4 nitrogen and oxygen atoms in total. The number of hydrogen-bond acceptors (Lipinski definition) is 4. The molecule has 6 heteroatoms. The molecule has 0 radical (unpaired) electrons. The van der Waals surface area contributed by atoms with Crippen molar-refractivity contribution in [2.45, 2.75) is 19.8 Å². The zero-order chi connectivity index (χ0) is 12.4. The van der Waals surface area contributed by atoms with Crippen molar-refractivity contribution in [3.8, 4) is 0 Å². The number of anilines is 2. The zero-order valence-electron chi connectivity index (χ0n) is 9.71. The van der Waals surface area contributed by atoms with Gasteiger partial charge in [0.25, 0.3) is 0 Å². The number of nitrogen functional groups attached to an aromatic ring is 1. The third kappa shape index (κ3) is 2.59. The number of nitrogens with two attached hydrogens (primary N) is 1. The predicted octanol–water partition coefficient (Wildman–Crippen LogP) is 2.91. The normalized spacial score (nSPS) is 19.8. The molecule has 2 heterocycles. The Kier molecular flexibility index (Phi) is 3.97. The van der Waals surface area contributed by atoms with E-state index >= 15 is 0 Å². The largest absolute Gasteiger partial charge is 0.355 e. The minimum atomic E-state index is 0.437. The molecule has 1 fully saturated rings. The third-order valence-electron chi connectivity index (χ3n) is 3.21. The van der Waals surface area contributed by atoms with E-state index in [4.69, 9.17) is 29.0 Å². The second kappa shape index (κ2) is 5.29. The van der Waals surface area contributed by atoms with Crippen molar-refractivity contribution in [3.05, 3.63) is 16.1 Å². The maximum absolute atomic E-state index is 6.17. The molecule has 3 N–H and O–H groups in total. The van der Waals surface area contributed by atoms with Crippen LogP contribution in [0, 0.1) is 5.92 Å². The number of nitrogens with one attached hydrogen (secondary N) is 1. The Hall–Kier alpha value is -0.710. The Labute approximate surface area is 111 Å². The summed E-state index contributed by atoms with van der Waals surface area (Å²) in [4.78, 5) is 6.56. The van der Waals surface area contributed by atoms with Gasteiger partial charge in [0, 0.05) is 13.1 Å². The van der Waals surface area contributed by atoms with Crippen molar-refractivity contribution in [2.24, 2.45) is 11.8 Å². The van der Waals surface area contributed by atoms with Gasteiger partial charge in [-0.25, -0.2) is 10.8 Å². The Morgan fingerprint density at radius 2 is 2.29 bits per heavy atom. The molecule has 0 bridgehead atoms. The molecule has 1 saturated heterocycles. The van der Waals surface area contributed by atoms with Gasteiger partial charge in [0.2, 0.25) is 0 Å². The molecule has 1 aliphatic heterocycles. The first-order chi connectivity index (χ1) is 8.15. The lowest BCUT2D eigenvalue weighted by Crippen LogP contribution is -2.22. The molecular weight excluding hydrogens is 259 g/mol. The standard InChI is InChI=1S/C11H16Cl2N4/c1-2-7-3-4-17(6-7)11-9(13)5-8(12)10(15-11)16-14/h5,7H,2-4,6,14H2,1H3,(H,15,16). The van der Waals surface area contributed by atoms with E-state index < -0.39 is 0 Å². The van der Waals surface area contributed by atoms with Crippen molar-refractivity contribution in [1.29, 1.82) is 0 Å². The molecule has 0 aliphatic carbocycles. The topological polar surface area (TPSA) is 54.2 Å². The van der Waals surface area contributed by atoms with Crippen molar-refractivity contribution in [2.75, 3.05) is 23.4 Å². The summed E-state index contributed by atoms with van der Waals surface area (Å²) in [6, 6.07) is 1.68. The Balaban J connectivity index is 2.26. The first-order valence-electron chi connectivity index (χ1n) is 5.73. The van der Waals surface area contributed by atoms with E-state index in [1.807, 2.05) is 0 Å². The summed E-state index contributed by atoms with van der Waals surface area (Å²) in [7, 11) is 0. The van der Waals surface area contributed by atoms with Crippen LogP contribution >= 0.6 is 23.2 Å². The molecule has 1 atom stereocenters. The van der Waals surface area contributed by atoms with Crippen molar-refractivity contribution in [3.63, 3.8) is 0 Å².